The van der Waals surface area contributed by atoms with E-state index in [0.29, 0.717) is 40.7 Å². The Morgan fingerprint density at radius 1 is 1.15 bits per heavy atom. The number of anilines is 1. The average Bonchev–Trinajstić information content (AvgIpc) is 3.64. The van der Waals surface area contributed by atoms with Gasteiger partial charge in [0.1, 0.15) is 35.2 Å². The number of phenolic OH excluding ortho intramolecular Hbond substituents is 1. The van der Waals surface area contributed by atoms with Crippen LogP contribution in [0.5, 0.6) is 11.8 Å². The Hall–Kier alpha value is -4.33. The number of benzene rings is 2. The third kappa shape index (κ3) is 4.51. The quantitative estimate of drug-likeness (QED) is 0.217. The molecular weight excluding hydrogens is 586 g/mol. The fourth-order valence-electron chi connectivity index (χ4n) is 8.40. The average molecular weight is 623 g/mol. The van der Waals surface area contributed by atoms with Gasteiger partial charge in [-0.2, -0.15) is 9.97 Å². The lowest BCUT2D eigenvalue weighted by Crippen LogP contribution is -2.51. The Bertz CT molecular complexity index is 1980. The summed E-state index contributed by atoms with van der Waals surface area (Å²) in [7, 11) is 0. The van der Waals surface area contributed by atoms with Crippen LogP contribution in [-0.4, -0.2) is 74.4 Å². The summed E-state index contributed by atoms with van der Waals surface area (Å²) in [5, 5.41) is 15.4. The second-order valence-electron chi connectivity index (χ2n) is 14.1. The minimum Gasteiger partial charge on any atom is -0.508 e. The van der Waals surface area contributed by atoms with Gasteiger partial charge in [0.25, 0.3) is 0 Å². The first kappa shape index (κ1) is 29.1. The molecule has 4 aromatic rings. The van der Waals surface area contributed by atoms with Gasteiger partial charge in [-0.15, -0.1) is 6.42 Å². The molecule has 0 saturated carbocycles. The number of pyridine rings is 1. The molecule has 10 heteroatoms. The van der Waals surface area contributed by atoms with Crippen LogP contribution in [0.2, 0.25) is 0 Å². The molecule has 2 aromatic heterocycles. The molecule has 4 aliphatic heterocycles. The van der Waals surface area contributed by atoms with Gasteiger partial charge in [-0.3, -0.25) is 9.88 Å². The van der Waals surface area contributed by atoms with Gasteiger partial charge in [-0.25, -0.2) is 8.78 Å². The summed E-state index contributed by atoms with van der Waals surface area (Å²) in [6.45, 7) is 11.4. The van der Waals surface area contributed by atoms with Gasteiger partial charge in [0.05, 0.1) is 16.5 Å². The number of hydrogen-bond acceptors (Lipinski definition) is 8. The zero-order valence-corrected chi connectivity index (χ0v) is 26.0. The minimum atomic E-state index is -0.723. The highest BCUT2D eigenvalue weighted by atomic mass is 19.1. The molecule has 4 saturated heterocycles. The molecule has 0 spiro atoms. The zero-order valence-electron chi connectivity index (χ0n) is 26.0. The Labute approximate surface area is 266 Å². The van der Waals surface area contributed by atoms with E-state index < -0.39 is 11.6 Å². The van der Waals surface area contributed by atoms with Crippen molar-refractivity contribution in [3.8, 4) is 35.4 Å². The van der Waals surface area contributed by atoms with Gasteiger partial charge in [0, 0.05) is 54.4 Å². The molecule has 0 aliphatic carbocycles. The third-order valence-electron chi connectivity index (χ3n) is 10.5. The Morgan fingerprint density at radius 3 is 2.70 bits per heavy atom. The Balaban J connectivity index is 1.27. The van der Waals surface area contributed by atoms with Gasteiger partial charge in [0.15, 0.2) is 5.82 Å². The summed E-state index contributed by atoms with van der Waals surface area (Å²) < 4.78 is 38.2. The molecule has 2 bridgehead atoms. The first-order chi connectivity index (χ1) is 22.0. The van der Waals surface area contributed by atoms with Gasteiger partial charge >= 0.3 is 6.01 Å². The second kappa shape index (κ2) is 10.3. The predicted octanol–water partition coefficient (Wildman–Crippen LogP) is 5.70. The molecule has 46 heavy (non-hydrogen) atoms. The van der Waals surface area contributed by atoms with Crippen molar-refractivity contribution in [3.63, 3.8) is 0 Å². The molecule has 8 rings (SSSR count). The molecule has 4 aliphatic rings. The van der Waals surface area contributed by atoms with Crippen molar-refractivity contribution in [3.05, 3.63) is 59.8 Å². The number of piperazine rings is 1. The van der Waals surface area contributed by atoms with Crippen molar-refractivity contribution in [2.24, 2.45) is 0 Å². The first-order valence-corrected chi connectivity index (χ1v) is 15.9. The summed E-state index contributed by atoms with van der Waals surface area (Å²) in [5.74, 6) is 1.51. The fourth-order valence-corrected chi connectivity index (χ4v) is 8.40. The van der Waals surface area contributed by atoms with Crippen LogP contribution in [0.25, 0.3) is 32.9 Å². The van der Waals surface area contributed by atoms with Crippen LogP contribution < -0.4 is 15.0 Å². The lowest BCUT2D eigenvalue weighted by Gasteiger charge is -2.38. The number of hydrogen-bond donors (Lipinski definition) is 2. The number of fused-ring (bicyclic) bond motifs is 5. The van der Waals surface area contributed by atoms with E-state index in [-0.39, 0.29) is 45.2 Å². The standard InChI is InChI=1S/C36H36F2N6O2/c1-5-25-28(37)9-6-21-12-24(45)13-26(29(21)25)31-30(38)32-27(15-39-31)33(43-17-22-7-8-23(18-43)40-22)42-34(41-32)46-19-36-11-10-35(3,4)44(36)16-20(2)14-36/h1,6,9,12-13,15,22-23,40,45H,2,7-8,10-11,14,16-19H2,3-4H3/t22-,23+,36?. The minimum absolute atomic E-state index is 0.0195. The van der Waals surface area contributed by atoms with Crippen LogP contribution in [0.4, 0.5) is 14.6 Å². The van der Waals surface area contributed by atoms with Crippen LogP contribution >= 0.6 is 0 Å². The maximum Gasteiger partial charge on any atom is 0.319 e. The molecule has 8 nitrogen and oxygen atoms in total. The highest BCUT2D eigenvalue weighted by molar-refractivity contribution is 6.03. The normalized spacial score (nSPS) is 25.4. The van der Waals surface area contributed by atoms with Crippen LogP contribution in [0.1, 0.15) is 51.5 Å². The summed E-state index contributed by atoms with van der Waals surface area (Å²) in [6.07, 6.45) is 12.2. The number of aromatic hydroxyl groups is 1. The lowest BCUT2D eigenvalue weighted by molar-refractivity contribution is 0.0549. The maximum absolute atomic E-state index is 16.9. The number of halogens is 2. The number of phenols is 1. The molecule has 3 atom stereocenters. The highest BCUT2D eigenvalue weighted by Crippen LogP contribution is 2.49. The number of rotatable bonds is 5. The monoisotopic (exact) mass is 622 g/mol. The van der Waals surface area contributed by atoms with Gasteiger partial charge in [-0.1, -0.05) is 24.1 Å². The lowest BCUT2D eigenvalue weighted by atomic mass is 9.93. The topological polar surface area (TPSA) is 86.6 Å². The van der Waals surface area contributed by atoms with E-state index in [4.69, 9.17) is 16.1 Å². The van der Waals surface area contributed by atoms with Crippen molar-refractivity contribution in [1.29, 1.82) is 0 Å². The van der Waals surface area contributed by atoms with Crippen molar-refractivity contribution in [2.45, 2.75) is 69.1 Å². The van der Waals surface area contributed by atoms with Crippen LogP contribution in [0.15, 0.2) is 42.6 Å². The molecular formula is C36H36F2N6O2. The highest BCUT2D eigenvalue weighted by Gasteiger charge is 2.54. The number of aromatic nitrogens is 3. The first-order valence-electron chi connectivity index (χ1n) is 15.9. The van der Waals surface area contributed by atoms with Crippen molar-refractivity contribution in [1.82, 2.24) is 25.2 Å². The second-order valence-corrected chi connectivity index (χ2v) is 14.1. The summed E-state index contributed by atoms with van der Waals surface area (Å²) in [4.78, 5) is 18.7. The van der Waals surface area contributed by atoms with Crippen molar-refractivity contribution < 1.29 is 18.6 Å². The summed E-state index contributed by atoms with van der Waals surface area (Å²) in [5.41, 5.74) is 1.08. The Morgan fingerprint density at radius 2 is 1.93 bits per heavy atom. The van der Waals surface area contributed by atoms with E-state index >= 15 is 4.39 Å². The van der Waals surface area contributed by atoms with Crippen LogP contribution in [-0.2, 0) is 0 Å². The molecule has 4 fully saturated rings. The van der Waals surface area contributed by atoms with E-state index in [2.05, 4.69) is 51.4 Å². The molecule has 236 valence electrons. The molecule has 1 unspecified atom stereocenters. The molecule has 2 aromatic carbocycles. The van der Waals surface area contributed by atoms with Gasteiger partial charge in [0.2, 0.25) is 0 Å². The maximum atomic E-state index is 16.9. The predicted molar refractivity (Wildman–Crippen MR) is 174 cm³/mol. The van der Waals surface area contributed by atoms with Crippen molar-refractivity contribution >= 4 is 27.5 Å². The SMILES string of the molecule is C#Cc1c(F)ccc2cc(O)cc(-c3ncc4c(N5C[C@H]6CC[C@@H](C5)N6)nc(OCC56CCC(C)(C)N5CC(=C)C6)nc4c3F)c12. The summed E-state index contributed by atoms with van der Waals surface area (Å²) in [6, 6.07) is 6.29. The molecule has 6 heterocycles. The van der Waals surface area contributed by atoms with E-state index in [1.165, 1.54) is 29.8 Å². The number of terminal acetylenes is 1. The third-order valence-corrected chi connectivity index (χ3v) is 10.5. The fraction of sp³-hybridized carbons (Fsp3) is 0.417. The van der Waals surface area contributed by atoms with E-state index in [1.54, 1.807) is 6.20 Å². The van der Waals surface area contributed by atoms with Gasteiger partial charge in [-0.05, 0) is 69.5 Å². The van der Waals surface area contributed by atoms with Crippen LogP contribution in [0.3, 0.4) is 0 Å². The number of nitrogens with zero attached hydrogens (tertiary/aromatic N) is 5. The number of nitrogens with one attached hydrogen (secondary N) is 1. The van der Waals surface area contributed by atoms with Crippen LogP contribution in [0, 0.1) is 24.0 Å². The Kier molecular flexibility index (Phi) is 6.54. The molecule has 0 amide bonds. The molecule has 0 radical (unpaired) electrons. The largest absolute Gasteiger partial charge is 0.508 e. The summed E-state index contributed by atoms with van der Waals surface area (Å²) >= 11 is 0. The van der Waals surface area contributed by atoms with Gasteiger partial charge < -0.3 is 20.1 Å². The van der Waals surface area contributed by atoms with E-state index in [0.717, 1.165) is 51.7 Å². The van der Waals surface area contributed by atoms with E-state index in [9.17, 15) is 9.50 Å². The smallest absolute Gasteiger partial charge is 0.319 e. The number of ether oxygens (including phenoxy) is 1. The zero-order chi connectivity index (χ0) is 32.0. The molecule has 2 N–H and O–H groups in total. The van der Waals surface area contributed by atoms with E-state index in [1.807, 2.05) is 0 Å². The van der Waals surface area contributed by atoms with Crippen molar-refractivity contribution in [2.75, 3.05) is 31.1 Å².